The van der Waals surface area contributed by atoms with Crippen LogP contribution in [-0.2, 0) is 4.79 Å². The first-order chi connectivity index (χ1) is 7.97. The van der Waals surface area contributed by atoms with Gasteiger partial charge in [0, 0.05) is 26.7 Å². The fourth-order valence-corrected chi connectivity index (χ4v) is 3.22. The molecule has 0 aromatic carbocycles. The molecule has 0 aliphatic carbocycles. The third kappa shape index (κ3) is 2.63. The number of carbonyl (C=O) groups excluding carboxylic acids is 1. The van der Waals surface area contributed by atoms with E-state index in [2.05, 4.69) is 29.4 Å². The van der Waals surface area contributed by atoms with Crippen LogP contribution >= 0.6 is 0 Å². The molecule has 2 N–H and O–H groups in total. The molecule has 4 nitrogen and oxygen atoms in total. The fourth-order valence-electron chi connectivity index (χ4n) is 3.22. The highest BCUT2D eigenvalue weighted by Gasteiger charge is 2.42. The zero-order valence-electron chi connectivity index (χ0n) is 11.3. The summed E-state index contributed by atoms with van der Waals surface area (Å²) >= 11 is 0. The molecule has 2 saturated heterocycles. The average Bonchev–Trinajstić information content (AvgIpc) is 2.86. The molecule has 2 aliphatic heterocycles. The lowest BCUT2D eigenvalue weighted by molar-refractivity contribution is -0.129. The standard InChI is InChI=1S/C13H25N3O/c1-12(4-6-15-8-12)9-16-7-5-13(2,10-16)11(17)14-3/h15H,4-10H2,1-3H3,(H,14,17). The summed E-state index contributed by atoms with van der Waals surface area (Å²) in [6.45, 7) is 9.76. The normalized spacial score (nSPS) is 38.5. The van der Waals surface area contributed by atoms with Crippen molar-refractivity contribution in [2.24, 2.45) is 10.8 Å². The van der Waals surface area contributed by atoms with E-state index in [1.54, 1.807) is 7.05 Å². The summed E-state index contributed by atoms with van der Waals surface area (Å²) in [6.07, 6.45) is 2.23. The molecular formula is C13H25N3O. The number of carbonyl (C=O) groups is 1. The first-order valence-corrected chi connectivity index (χ1v) is 6.63. The Labute approximate surface area is 104 Å². The molecule has 98 valence electrons. The number of hydrogen-bond acceptors (Lipinski definition) is 3. The summed E-state index contributed by atoms with van der Waals surface area (Å²) in [7, 11) is 1.73. The van der Waals surface area contributed by atoms with Gasteiger partial charge in [0.25, 0.3) is 0 Å². The molecule has 2 unspecified atom stereocenters. The second-order valence-corrected chi connectivity index (χ2v) is 6.34. The lowest BCUT2D eigenvalue weighted by Crippen LogP contribution is -2.41. The number of nitrogens with zero attached hydrogens (tertiary/aromatic N) is 1. The molecule has 4 heteroatoms. The van der Waals surface area contributed by atoms with Gasteiger partial charge in [0.1, 0.15) is 0 Å². The Kier molecular flexibility index (Phi) is 3.46. The van der Waals surface area contributed by atoms with Gasteiger partial charge in [-0.1, -0.05) is 6.92 Å². The molecule has 0 saturated carbocycles. The third-order valence-corrected chi connectivity index (χ3v) is 4.39. The minimum atomic E-state index is -0.183. The van der Waals surface area contributed by atoms with Gasteiger partial charge in [0.05, 0.1) is 5.41 Å². The SMILES string of the molecule is CNC(=O)C1(C)CCN(CC2(C)CCNC2)C1. The molecule has 2 heterocycles. The predicted octanol–water partition coefficient (Wildman–Crippen LogP) is 0.444. The lowest BCUT2D eigenvalue weighted by atomic mass is 9.88. The summed E-state index contributed by atoms with van der Waals surface area (Å²) in [6, 6.07) is 0. The highest BCUT2D eigenvalue weighted by molar-refractivity contribution is 5.82. The summed E-state index contributed by atoms with van der Waals surface area (Å²) < 4.78 is 0. The van der Waals surface area contributed by atoms with Gasteiger partial charge >= 0.3 is 0 Å². The third-order valence-electron chi connectivity index (χ3n) is 4.39. The molecule has 0 radical (unpaired) electrons. The van der Waals surface area contributed by atoms with E-state index in [1.165, 1.54) is 6.42 Å². The molecule has 0 spiro atoms. The maximum atomic E-state index is 11.8. The Balaban J connectivity index is 1.91. The van der Waals surface area contributed by atoms with Crippen LogP contribution in [0.5, 0.6) is 0 Å². The summed E-state index contributed by atoms with van der Waals surface area (Å²) in [5.74, 6) is 0.190. The zero-order chi connectivity index (χ0) is 12.5. The van der Waals surface area contributed by atoms with Crippen LogP contribution in [0.25, 0.3) is 0 Å². The van der Waals surface area contributed by atoms with Crippen LogP contribution in [0.2, 0.25) is 0 Å². The van der Waals surface area contributed by atoms with Crippen molar-refractivity contribution >= 4 is 5.91 Å². The van der Waals surface area contributed by atoms with Crippen LogP contribution in [0.1, 0.15) is 26.7 Å². The van der Waals surface area contributed by atoms with E-state index in [4.69, 9.17) is 0 Å². The van der Waals surface area contributed by atoms with Crippen molar-refractivity contribution in [1.82, 2.24) is 15.5 Å². The lowest BCUT2D eigenvalue weighted by Gasteiger charge is -2.30. The molecule has 2 aliphatic rings. The molecule has 0 bridgehead atoms. The monoisotopic (exact) mass is 239 g/mol. The van der Waals surface area contributed by atoms with Gasteiger partial charge in [-0.2, -0.15) is 0 Å². The van der Waals surface area contributed by atoms with Crippen LogP contribution in [0.4, 0.5) is 0 Å². The van der Waals surface area contributed by atoms with E-state index in [0.29, 0.717) is 5.41 Å². The Hall–Kier alpha value is -0.610. The van der Waals surface area contributed by atoms with Crippen molar-refractivity contribution in [2.75, 3.05) is 39.8 Å². The first-order valence-electron chi connectivity index (χ1n) is 6.63. The topological polar surface area (TPSA) is 44.4 Å². The Bertz CT molecular complexity index is 299. The molecule has 0 aromatic heterocycles. The van der Waals surface area contributed by atoms with Crippen molar-refractivity contribution in [1.29, 1.82) is 0 Å². The zero-order valence-corrected chi connectivity index (χ0v) is 11.3. The van der Waals surface area contributed by atoms with E-state index in [0.717, 1.165) is 39.1 Å². The van der Waals surface area contributed by atoms with Crippen LogP contribution < -0.4 is 10.6 Å². The van der Waals surface area contributed by atoms with Crippen LogP contribution in [0.3, 0.4) is 0 Å². The highest BCUT2D eigenvalue weighted by Crippen LogP contribution is 2.34. The smallest absolute Gasteiger partial charge is 0.227 e. The molecule has 2 rings (SSSR count). The second kappa shape index (κ2) is 4.58. The summed E-state index contributed by atoms with van der Waals surface area (Å²) in [4.78, 5) is 14.3. The first kappa shape index (κ1) is 12.8. The van der Waals surface area contributed by atoms with E-state index in [9.17, 15) is 4.79 Å². The molecule has 17 heavy (non-hydrogen) atoms. The Morgan fingerprint density at radius 2 is 2.18 bits per heavy atom. The van der Waals surface area contributed by atoms with Crippen LogP contribution in [0, 0.1) is 10.8 Å². The van der Waals surface area contributed by atoms with Gasteiger partial charge < -0.3 is 15.5 Å². The maximum absolute atomic E-state index is 11.8. The number of rotatable bonds is 3. The van der Waals surface area contributed by atoms with E-state index >= 15 is 0 Å². The van der Waals surface area contributed by atoms with Gasteiger partial charge in [-0.05, 0) is 38.3 Å². The number of amides is 1. The van der Waals surface area contributed by atoms with E-state index in [1.807, 2.05) is 0 Å². The van der Waals surface area contributed by atoms with Crippen molar-refractivity contribution in [3.05, 3.63) is 0 Å². The van der Waals surface area contributed by atoms with Gasteiger partial charge in [-0.25, -0.2) is 0 Å². The van der Waals surface area contributed by atoms with Gasteiger partial charge in [-0.15, -0.1) is 0 Å². The molecule has 2 atom stereocenters. The van der Waals surface area contributed by atoms with Gasteiger partial charge in [0.15, 0.2) is 0 Å². The number of likely N-dealkylation sites (tertiary alicyclic amines) is 1. The van der Waals surface area contributed by atoms with Crippen LogP contribution in [0.15, 0.2) is 0 Å². The Morgan fingerprint density at radius 3 is 2.76 bits per heavy atom. The van der Waals surface area contributed by atoms with Crippen molar-refractivity contribution in [3.63, 3.8) is 0 Å². The summed E-state index contributed by atoms with van der Waals surface area (Å²) in [5.41, 5.74) is 0.213. The quantitative estimate of drug-likeness (QED) is 0.751. The number of hydrogen-bond donors (Lipinski definition) is 2. The summed E-state index contributed by atoms with van der Waals surface area (Å²) in [5, 5.41) is 6.23. The van der Waals surface area contributed by atoms with E-state index < -0.39 is 0 Å². The minimum absolute atomic E-state index is 0.183. The fraction of sp³-hybridized carbons (Fsp3) is 0.923. The van der Waals surface area contributed by atoms with Crippen molar-refractivity contribution < 1.29 is 4.79 Å². The molecule has 2 fully saturated rings. The highest BCUT2D eigenvalue weighted by atomic mass is 16.2. The van der Waals surface area contributed by atoms with E-state index in [-0.39, 0.29) is 11.3 Å². The molecular weight excluding hydrogens is 214 g/mol. The average molecular weight is 239 g/mol. The second-order valence-electron chi connectivity index (χ2n) is 6.34. The Morgan fingerprint density at radius 1 is 1.41 bits per heavy atom. The van der Waals surface area contributed by atoms with Gasteiger partial charge in [0.2, 0.25) is 5.91 Å². The van der Waals surface area contributed by atoms with Crippen molar-refractivity contribution in [3.8, 4) is 0 Å². The predicted molar refractivity (Wildman–Crippen MR) is 68.8 cm³/mol. The molecule has 0 aromatic rings. The number of nitrogens with one attached hydrogen (secondary N) is 2. The minimum Gasteiger partial charge on any atom is -0.359 e. The molecule has 1 amide bonds. The van der Waals surface area contributed by atoms with Crippen LogP contribution in [-0.4, -0.2) is 50.6 Å². The largest absolute Gasteiger partial charge is 0.359 e. The van der Waals surface area contributed by atoms with Crippen molar-refractivity contribution in [2.45, 2.75) is 26.7 Å². The van der Waals surface area contributed by atoms with Gasteiger partial charge in [-0.3, -0.25) is 4.79 Å². The maximum Gasteiger partial charge on any atom is 0.227 e.